The zero-order valence-electron chi connectivity index (χ0n) is 16.4. The van der Waals surface area contributed by atoms with Crippen molar-refractivity contribution in [1.82, 2.24) is 14.9 Å². The quantitative estimate of drug-likeness (QED) is 0.484. The lowest BCUT2D eigenvalue weighted by molar-refractivity contribution is 0.251. The molecule has 1 aliphatic heterocycles. The third-order valence-corrected chi connectivity index (χ3v) is 5.92. The number of fused-ring (bicyclic) bond motifs is 1. The molecule has 5 heteroatoms. The molecule has 0 amide bonds. The minimum absolute atomic E-state index is 0.849. The minimum atomic E-state index is 0.849. The van der Waals surface area contributed by atoms with Crippen LogP contribution in [0.2, 0.25) is 0 Å². The van der Waals surface area contributed by atoms with Gasteiger partial charge in [-0.3, -0.25) is 4.90 Å². The van der Waals surface area contributed by atoms with Gasteiger partial charge in [0.15, 0.2) is 0 Å². The van der Waals surface area contributed by atoms with Gasteiger partial charge in [0.25, 0.3) is 0 Å². The van der Waals surface area contributed by atoms with Gasteiger partial charge < -0.3 is 4.90 Å². The first-order valence-corrected chi connectivity index (χ1v) is 11.0. The lowest BCUT2D eigenvalue weighted by Crippen LogP contribution is -2.47. The summed E-state index contributed by atoms with van der Waals surface area (Å²) in [5.74, 6) is 0.849. The SMILES string of the molecule is CCCCCN1CCN(c2nc(-c3ccccc3)c3cc(Br)ccc3n2)CC1. The molecule has 0 radical (unpaired) electrons. The number of aromatic nitrogens is 2. The Balaban J connectivity index is 1.61. The molecule has 146 valence electrons. The Labute approximate surface area is 175 Å². The van der Waals surface area contributed by atoms with Crippen LogP contribution in [-0.2, 0) is 0 Å². The van der Waals surface area contributed by atoms with E-state index in [-0.39, 0.29) is 0 Å². The van der Waals surface area contributed by atoms with Crippen LogP contribution in [0.3, 0.4) is 0 Å². The second kappa shape index (κ2) is 9.01. The molecule has 4 nitrogen and oxygen atoms in total. The first kappa shape index (κ1) is 19.3. The lowest BCUT2D eigenvalue weighted by Gasteiger charge is -2.35. The molecule has 0 N–H and O–H groups in total. The number of hydrogen-bond donors (Lipinski definition) is 0. The van der Waals surface area contributed by atoms with Gasteiger partial charge in [-0.1, -0.05) is 66.0 Å². The summed E-state index contributed by atoms with van der Waals surface area (Å²) in [5, 5.41) is 1.09. The van der Waals surface area contributed by atoms with Crippen LogP contribution >= 0.6 is 15.9 Å². The van der Waals surface area contributed by atoms with E-state index >= 15 is 0 Å². The van der Waals surface area contributed by atoms with Crippen molar-refractivity contribution in [3.63, 3.8) is 0 Å². The molecule has 4 rings (SSSR count). The van der Waals surface area contributed by atoms with Gasteiger partial charge >= 0.3 is 0 Å². The van der Waals surface area contributed by atoms with E-state index in [9.17, 15) is 0 Å². The average Bonchev–Trinajstić information content (AvgIpc) is 2.74. The monoisotopic (exact) mass is 438 g/mol. The summed E-state index contributed by atoms with van der Waals surface area (Å²) in [6, 6.07) is 16.7. The Bertz CT molecular complexity index is 921. The van der Waals surface area contributed by atoms with Crippen LogP contribution in [-0.4, -0.2) is 47.6 Å². The molecule has 1 saturated heterocycles. The van der Waals surface area contributed by atoms with Gasteiger partial charge in [0, 0.05) is 41.6 Å². The average molecular weight is 439 g/mol. The van der Waals surface area contributed by atoms with Crippen molar-refractivity contribution >= 4 is 32.8 Å². The number of unbranched alkanes of at least 4 members (excludes halogenated alkanes) is 2. The van der Waals surface area contributed by atoms with Crippen molar-refractivity contribution in [2.24, 2.45) is 0 Å². The molecule has 0 atom stereocenters. The first-order chi connectivity index (χ1) is 13.7. The normalized spacial score (nSPS) is 15.3. The van der Waals surface area contributed by atoms with Crippen LogP contribution in [0.15, 0.2) is 53.0 Å². The van der Waals surface area contributed by atoms with E-state index in [0.717, 1.165) is 58.8 Å². The van der Waals surface area contributed by atoms with Crippen molar-refractivity contribution in [3.05, 3.63) is 53.0 Å². The molecular formula is C23H27BrN4. The van der Waals surface area contributed by atoms with Crippen molar-refractivity contribution in [2.45, 2.75) is 26.2 Å². The summed E-state index contributed by atoms with van der Waals surface area (Å²) >= 11 is 3.60. The molecule has 28 heavy (non-hydrogen) atoms. The smallest absolute Gasteiger partial charge is 0.226 e. The molecule has 0 spiro atoms. The van der Waals surface area contributed by atoms with E-state index in [1.807, 2.05) is 6.07 Å². The first-order valence-electron chi connectivity index (χ1n) is 10.2. The molecule has 1 aromatic heterocycles. The summed E-state index contributed by atoms with van der Waals surface area (Å²) < 4.78 is 1.05. The number of rotatable bonds is 6. The van der Waals surface area contributed by atoms with E-state index in [1.54, 1.807) is 0 Å². The Kier molecular flexibility index (Phi) is 6.23. The Hall–Kier alpha value is -1.98. The third-order valence-electron chi connectivity index (χ3n) is 5.43. The van der Waals surface area contributed by atoms with Crippen LogP contribution in [0.4, 0.5) is 5.95 Å². The predicted octanol–water partition coefficient (Wildman–Crippen LogP) is 5.37. The van der Waals surface area contributed by atoms with Crippen molar-refractivity contribution in [1.29, 1.82) is 0 Å². The molecule has 0 saturated carbocycles. The number of hydrogen-bond acceptors (Lipinski definition) is 4. The molecule has 1 fully saturated rings. The number of halogens is 1. The van der Waals surface area contributed by atoms with Crippen molar-refractivity contribution in [2.75, 3.05) is 37.6 Å². The molecular weight excluding hydrogens is 412 g/mol. The zero-order chi connectivity index (χ0) is 19.3. The lowest BCUT2D eigenvalue weighted by atomic mass is 10.1. The van der Waals surface area contributed by atoms with Gasteiger partial charge in [0.1, 0.15) is 0 Å². The molecule has 2 aromatic carbocycles. The second-order valence-electron chi connectivity index (χ2n) is 7.44. The van der Waals surface area contributed by atoms with Crippen LogP contribution < -0.4 is 4.90 Å². The Morgan fingerprint density at radius 3 is 2.46 bits per heavy atom. The van der Waals surface area contributed by atoms with Crippen LogP contribution in [0.25, 0.3) is 22.2 Å². The van der Waals surface area contributed by atoms with Gasteiger partial charge in [-0.05, 0) is 31.2 Å². The maximum atomic E-state index is 5.01. The summed E-state index contributed by atoms with van der Waals surface area (Å²) in [5.41, 5.74) is 3.14. The van der Waals surface area contributed by atoms with E-state index in [1.165, 1.54) is 25.8 Å². The number of piperazine rings is 1. The molecule has 1 aliphatic rings. The molecule has 0 bridgehead atoms. The third kappa shape index (κ3) is 4.36. The van der Waals surface area contributed by atoms with E-state index in [2.05, 4.69) is 75.1 Å². The van der Waals surface area contributed by atoms with Crippen molar-refractivity contribution in [3.8, 4) is 11.3 Å². The van der Waals surface area contributed by atoms with Crippen LogP contribution in [0, 0.1) is 0 Å². The van der Waals surface area contributed by atoms with Crippen LogP contribution in [0.5, 0.6) is 0 Å². The number of nitrogens with zero attached hydrogens (tertiary/aromatic N) is 4. The number of anilines is 1. The summed E-state index contributed by atoms with van der Waals surface area (Å²) in [6.45, 7) is 7.63. The zero-order valence-corrected chi connectivity index (χ0v) is 18.0. The van der Waals surface area contributed by atoms with Crippen molar-refractivity contribution < 1.29 is 0 Å². The Morgan fingerprint density at radius 2 is 1.71 bits per heavy atom. The van der Waals surface area contributed by atoms with Gasteiger partial charge in [-0.25, -0.2) is 9.97 Å². The molecule has 2 heterocycles. The highest BCUT2D eigenvalue weighted by Crippen LogP contribution is 2.30. The fraction of sp³-hybridized carbons (Fsp3) is 0.391. The molecule has 0 unspecified atom stereocenters. The van der Waals surface area contributed by atoms with Gasteiger partial charge in [-0.15, -0.1) is 0 Å². The molecule has 3 aromatic rings. The highest BCUT2D eigenvalue weighted by molar-refractivity contribution is 9.10. The van der Waals surface area contributed by atoms with Gasteiger partial charge in [0.05, 0.1) is 11.2 Å². The van der Waals surface area contributed by atoms with Crippen LogP contribution in [0.1, 0.15) is 26.2 Å². The maximum absolute atomic E-state index is 5.01. The fourth-order valence-electron chi connectivity index (χ4n) is 3.80. The molecule has 0 aliphatic carbocycles. The minimum Gasteiger partial charge on any atom is -0.338 e. The maximum Gasteiger partial charge on any atom is 0.226 e. The second-order valence-corrected chi connectivity index (χ2v) is 8.35. The Morgan fingerprint density at radius 1 is 0.929 bits per heavy atom. The largest absolute Gasteiger partial charge is 0.338 e. The topological polar surface area (TPSA) is 32.3 Å². The standard InChI is InChI=1S/C23H27BrN4/c1-2-3-7-12-27-13-15-28(16-14-27)23-25-21-11-10-19(24)17-20(21)22(26-23)18-8-5-4-6-9-18/h4-6,8-11,17H,2-3,7,12-16H2,1H3. The summed E-state index contributed by atoms with van der Waals surface area (Å²) in [7, 11) is 0. The van der Waals surface area contributed by atoms with E-state index in [0.29, 0.717) is 0 Å². The predicted molar refractivity (Wildman–Crippen MR) is 121 cm³/mol. The summed E-state index contributed by atoms with van der Waals surface area (Å²) in [6.07, 6.45) is 3.91. The fourth-order valence-corrected chi connectivity index (χ4v) is 4.16. The summed E-state index contributed by atoms with van der Waals surface area (Å²) in [4.78, 5) is 14.8. The van der Waals surface area contributed by atoms with Gasteiger partial charge in [0.2, 0.25) is 5.95 Å². The highest BCUT2D eigenvalue weighted by atomic mass is 79.9. The van der Waals surface area contributed by atoms with E-state index in [4.69, 9.17) is 9.97 Å². The number of benzene rings is 2. The van der Waals surface area contributed by atoms with E-state index < -0.39 is 0 Å². The highest BCUT2D eigenvalue weighted by Gasteiger charge is 2.20. The van der Waals surface area contributed by atoms with Gasteiger partial charge in [-0.2, -0.15) is 0 Å².